The maximum absolute atomic E-state index is 12.8. The largest absolute Gasteiger partial charge is 0.378 e. The van der Waals surface area contributed by atoms with E-state index in [1.54, 1.807) is 0 Å². The van der Waals surface area contributed by atoms with Gasteiger partial charge in [-0.25, -0.2) is 13.2 Å². The molecule has 0 amide bonds. The van der Waals surface area contributed by atoms with E-state index in [0.29, 0.717) is 0 Å². The standard InChI is InChI=1S/C6H9F3O/c1-5(7)4(10-2)3-6(5,8)9/h4H,3H2,1-2H3. The molecular formula is C6H9F3O. The van der Waals surface area contributed by atoms with E-state index in [0.717, 1.165) is 6.92 Å². The molecule has 0 bridgehead atoms. The van der Waals surface area contributed by atoms with E-state index in [2.05, 4.69) is 4.74 Å². The molecule has 4 heteroatoms. The number of hydrogen-bond donors (Lipinski definition) is 0. The minimum atomic E-state index is -3.20. The van der Waals surface area contributed by atoms with Crippen LogP contribution in [0.25, 0.3) is 0 Å². The highest BCUT2D eigenvalue weighted by molar-refractivity contribution is 5.08. The third kappa shape index (κ3) is 0.746. The molecule has 0 aliphatic heterocycles. The molecule has 0 aromatic carbocycles. The molecule has 0 saturated heterocycles. The number of alkyl halides is 3. The maximum Gasteiger partial charge on any atom is 0.286 e. The average molecular weight is 154 g/mol. The van der Waals surface area contributed by atoms with Crippen LogP contribution in [0.2, 0.25) is 0 Å². The molecule has 2 unspecified atom stereocenters. The van der Waals surface area contributed by atoms with Gasteiger partial charge >= 0.3 is 0 Å². The maximum atomic E-state index is 12.8. The average Bonchev–Trinajstić information content (AvgIpc) is 1.83. The van der Waals surface area contributed by atoms with Crippen molar-refractivity contribution in [2.45, 2.75) is 31.0 Å². The first-order chi connectivity index (χ1) is 4.42. The van der Waals surface area contributed by atoms with Gasteiger partial charge in [-0.05, 0) is 6.92 Å². The summed E-state index contributed by atoms with van der Waals surface area (Å²) >= 11 is 0. The second-order valence-corrected chi connectivity index (χ2v) is 2.71. The first kappa shape index (κ1) is 7.85. The van der Waals surface area contributed by atoms with Gasteiger partial charge in [-0.1, -0.05) is 0 Å². The van der Waals surface area contributed by atoms with Crippen LogP contribution in [0.1, 0.15) is 13.3 Å². The first-order valence-electron chi connectivity index (χ1n) is 3.01. The molecule has 0 N–H and O–H groups in total. The van der Waals surface area contributed by atoms with Gasteiger partial charge in [0.2, 0.25) is 0 Å². The highest BCUT2D eigenvalue weighted by Crippen LogP contribution is 2.50. The Kier molecular flexibility index (Phi) is 1.47. The van der Waals surface area contributed by atoms with Crippen molar-refractivity contribution in [3.05, 3.63) is 0 Å². The zero-order chi connectivity index (χ0) is 7.99. The van der Waals surface area contributed by atoms with Crippen LogP contribution in [0, 0.1) is 0 Å². The zero-order valence-corrected chi connectivity index (χ0v) is 5.83. The molecule has 1 fully saturated rings. The van der Waals surface area contributed by atoms with Gasteiger partial charge in [0.1, 0.15) is 6.10 Å². The molecule has 1 aliphatic rings. The van der Waals surface area contributed by atoms with E-state index in [-0.39, 0.29) is 0 Å². The van der Waals surface area contributed by atoms with Crippen molar-refractivity contribution in [3.63, 3.8) is 0 Å². The molecule has 2 atom stereocenters. The lowest BCUT2D eigenvalue weighted by molar-refractivity contribution is -0.272. The number of hydrogen-bond acceptors (Lipinski definition) is 1. The van der Waals surface area contributed by atoms with Gasteiger partial charge in [0.15, 0.2) is 5.67 Å². The monoisotopic (exact) mass is 154 g/mol. The highest BCUT2D eigenvalue weighted by atomic mass is 19.3. The van der Waals surface area contributed by atoms with Crippen LogP contribution in [-0.4, -0.2) is 24.8 Å². The summed E-state index contributed by atoms with van der Waals surface area (Å²) in [4.78, 5) is 0. The number of rotatable bonds is 1. The molecule has 1 nitrogen and oxygen atoms in total. The van der Waals surface area contributed by atoms with E-state index in [1.807, 2.05) is 0 Å². The Morgan fingerprint density at radius 2 is 1.90 bits per heavy atom. The molecule has 60 valence electrons. The summed E-state index contributed by atoms with van der Waals surface area (Å²) in [6.07, 6.45) is -1.45. The van der Waals surface area contributed by atoms with Gasteiger partial charge in [-0.15, -0.1) is 0 Å². The van der Waals surface area contributed by atoms with Crippen molar-refractivity contribution >= 4 is 0 Å². The molecule has 0 heterocycles. The van der Waals surface area contributed by atoms with E-state index in [1.165, 1.54) is 7.11 Å². The fourth-order valence-electron chi connectivity index (χ4n) is 1.03. The van der Waals surface area contributed by atoms with Crippen LogP contribution in [-0.2, 0) is 4.74 Å². The summed E-state index contributed by atoms with van der Waals surface area (Å²) in [6, 6.07) is 0. The van der Waals surface area contributed by atoms with Crippen molar-refractivity contribution in [2.75, 3.05) is 7.11 Å². The fourth-order valence-corrected chi connectivity index (χ4v) is 1.03. The lowest BCUT2D eigenvalue weighted by Crippen LogP contribution is -2.63. The van der Waals surface area contributed by atoms with Gasteiger partial charge in [-0.2, -0.15) is 0 Å². The summed E-state index contributed by atoms with van der Waals surface area (Å²) < 4.78 is 41.9. The number of ether oxygens (including phenoxy) is 1. The van der Waals surface area contributed by atoms with Crippen molar-refractivity contribution in [3.8, 4) is 0 Å². The van der Waals surface area contributed by atoms with Gasteiger partial charge in [-0.3, -0.25) is 0 Å². The van der Waals surface area contributed by atoms with Gasteiger partial charge in [0, 0.05) is 13.5 Å². The summed E-state index contributed by atoms with van der Waals surface area (Å²) in [5.74, 6) is -3.20. The van der Waals surface area contributed by atoms with Crippen LogP contribution in [0.3, 0.4) is 0 Å². The Morgan fingerprint density at radius 3 is 2.00 bits per heavy atom. The molecule has 0 aromatic rings. The van der Waals surface area contributed by atoms with Crippen molar-refractivity contribution in [1.82, 2.24) is 0 Å². The highest BCUT2D eigenvalue weighted by Gasteiger charge is 2.67. The van der Waals surface area contributed by atoms with E-state index < -0.39 is 24.1 Å². The molecule has 1 saturated carbocycles. The molecule has 0 radical (unpaired) electrons. The summed E-state index contributed by atoms with van der Waals surface area (Å²) in [7, 11) is 1.23. The second kappa shape index (κ2) is 1.87. The Hall–Kier alpha value is -0.250. The fraction of sp³-hybridized carbons (Fsp3) is 1.00. The zero-order valence-electron chi connectivity index (χ0n) is 5.83. The Labute approximate surface area is 57.2 Å². The van der Waals surface area contributed by atoms with Crippen molar-refractivity contribution < 1.29 is 17.9 Å². The summed E-state index contributed by atoms with van der Waals surface area (Å²) in [5, 5.41) is 0. The SMILES string of the molecule is COC1CC(F)(F)C1(C)F. The van der Waals surface area contributed by atoms with E-state index in [9.17, 15) is 13.2 Å². The Bertz CT molecular complexity index is 144. The van der Waals surface area contributed by atoms with Gasteiger partial charge < -0.3 is 4.74 Å². The summed E-state index contributed by atoms with van der Waals surface area (Å²) in [5.41, 5.74) is -2.47. The van der Waals surface area contributed by atoms with Crippen LogP contribution < -0.4 is 0 Å². The number of halogens is 3. The lowest BCUT2D eigenvalue weighted by Gasteiger charge is -2.46. The van der Waals surface area contributed by atoms with Crippen LogP contribution in [0.4, 0.5) is 13.2 Å². The smallest absolute Gasteiger partial charge is 0.286 e. The number of methoxy groups -OCH3 is 1. The van der Waals surface area contributed by atoms with Crippen molar-refractivity contribution in [1.29, 1.82) is 0 Å². The molecule has 1 rings (SSSR count). The van der Waals surface area contributed by atoms with Gasteiger partial charge in [0.05, 0.1) is 0 Å². The first-order valence-corrected chi connectivity index (χ1v) is 3.01. The summed E-state index contributed by atoms with van der Waals surface area (Å²) in [6.45, 7) is 0.866. The van der Waals surface area contributed by atoms with E-state index in [4.69, 9.17) is 0 Å². The van der Waals surface area contributed by atoms with Crippen LogP contribution in [0.15, 0.2) is 0 Å². The van der Waals surface area contributed by atoms with Crippen LogP contribution in [0.5, 0.6) is 0 Å². The predicted molar refractivity (Wildman–Crippen MR) is 29.9 cm³/mol. The Balaban J connectivity index is 2.65. The topological polar surface area (TPSA) is 9.23 Å². The molecule has 10 heavy (non-hydrogen) atoms. The molecule has 0 spiro atoms. The minimum Gasteiger partial charge on any atom is -0.378 e. The molecule has 0 aromatic heterocycles. The van der Waals surface area contributed by atoms with Crippen LogP contribution >= 0.6 is 0 Å². The quantitative estimate of drug-likeness (QED) is 0.559. The third-order valence-corrected chi connectivity index (χ3v) is 2.05. The molecule has 1 aliphatic carbocycles. The normalized spacial score (nSPS) is 44.7. The Morgan fingerprint density at radius 1 is 1.40 bits per heavy atom. The van der Waals surface area contributed by atoms with Crippen molar-refractivity contribution in [2.24, 2.45) is 0 Å². The third-order valence-electron chi connectivity index (χ3n) is 2.05. The minimum absolute atomic E-state index is 0.503. The lowest BCUT2D eigenvalue weighted by atomic mass is 9.76. The van der Waals surface area contributed by atoms with Gasteiger partial charge in [0.25, 0.3) is 5.92 Å². The molecular weight excluding hydrogens is 145 g/mol. The predicted octanol–water partition coefficient (Wildman–Crippen LogP) is 1.77. The van der Waals surface area contributed by atoms with E-state index >= 15 is 0 Å². The second-order valence-electron chi connectivity index (χ2n) is 2.71.